The van der Waals surface area contributed by atoms with Gasteiger partial charge in [-0.15, -0.1) is 10.2 Å². The number of rotatable bonds is 10. The third-order valence-corrected chi connectivity index (χ3v) is 5.58. The van der Waals surface area contributed by atoms with E-state index in [0.717, 1.165) is 49.5 Å². The quantitative estimate of drug-likeness (QED) is 0.484. The van der Waals surface area contributed by atoms with Crippen molar-refractivity contribution < 1.29 is 9.53 Å². The number of aromatic nitrogens is 5. The van der Waals surface area contributed by atoms with Gasteiger partial charge in [-0.2, -0.15) is 4.80 Å². The highest BCUT2D eigenvalue weighted by molar-refractivity contribution is 5.93. The summed E-state index contributed by atoms with van der Waals surface area (Å²) in [5, 5.41) is 12.4. The van der Waals surface area contributed by atoms with Crippen molar-refractivity contribution in [3.05, 3.63) is 48.8 Å². The maximum atomic E-state index is 12.6. The Morgan fingerprint density at radius 3 is 2.59 bits per heavy atom. The first-order chi connectivity index (χ1) is 15.6. The number of urea groups is 1. The number of nitrogens with zero attached hydrogens (tertiary/aromatic N) is 7. The molecule has 3 aromatic rings. The zero-order valence-corrected chi connectivity index (χ0v) is 18.6. The fraction of sp³-hybridized carbons (Fsp3) is 0.435. The normalized spacial score (nSPS) is 14.8. The molecule has 1 unspecified atom stereocenters. The van der Waals surface area contributed by atoms with E-state index in [1.165, 1.54) is 0 Å². The van der Waals surface area contributed by atoms with Gasteiger partial charge in [-0.25, -0.2) is 4.79 Å². The molecule has 2 amide bonds. The van der Waals surface area contributed by atoms with Gasteiger partial charge in [-0.05, 0) is 67.3 Å². The number of aryl methyl sites for hydroxylation is 1. The number of pyridine rings is 1. The van der Waals surface area contributed by atoms with Gasteiger partial charge in [0.1, 0.15) is 5.75 Å². The van der Waals surface area contributed by atoms with Crippen LogP contribution in [0, 0.1) is 5.92 Å². The number of tetrazole rings is 1. The van der Waals surface area contributed by atoms with Crippen LogP contribution < -0.4 is 9.64 Å². The molecule has 1 aliphatic rings. The molecule has 9 nitrogen and oxygen atoms in total. The molecule has 0 saturated carbocycles. The summed E-state index contributed by atoms with van der Waals surface area (Å²) in [7, 11) is 0. The first kappa shape index (κ1) is 21.7. The summed E-state index contributed by atoms with van der Waals surface area (Å²) in [5.74, 6) is 1.84. The minimum absolute atomic E-state index is 0.0775. The van der Waals surface area contributed by atoms with E-state index >= 15 is 0 Å². The molecule has 0 aliphatic carbocycles. The Bertz CT molecular complexity index is 1010. The van der Waals surface area contributed by atoms with Crippen LogP contribution in [0.4, 0.5) is 10.5 Å². The molecule has 4 rings (SSSR count). The van der Waals surface area contributed by atoms with Crippen molar-refractivity contribution in [3.8, 4) is 17.1 Å². The Balaban J connectivity index is 1.18. The first-order valence-electron chi connectivity index (χ1n) is 11.1. The van der Waals surface area contributed by atoms with Crippen molar-refractivity contribution in [1.29, 1.82) is 0 Å². The average molecular weight is 436 g/mol. The van der Waals surface area contributed by atoms with Crippen LogP contribution in [0.15, 0.2) is 48.8 Å². The second-order valence-corrected chi connectivity index (χ2v) is 8.01. The van der Waals surface area contributed by atoms with E-state index in [9.17, 15) is 4.79 Å². The lowest BCUT2D eigenvalue weighted by Crippen LogP contribution is -2.32. The van der Waals surface area contributed by atoms with Crippen LogP contribution in [0.1, 0.15) is 26.7 Å². The van der Waals surface area contributed by atoms with Gasteiger partial charge in [0.05, 0.1) is 13.2 Å². The van der Waals surface area contributed by atoms with Crippen molar-refractivity contribution in [2.75, 3.05) is 31.1 Å². The van der Waals surface area contributed by atoms with E-state index in [0.29, 0.717) is 24.9 Å². The third-order valence-electron chi connectivity index (χ3n) is 5.58. The molecule has 1 fully saturated rings. The second kappa shape index (κ2) is 10.2. The summed E-state index contributed by atoms with van der Waals surface area (Å²) in [5.41, 5.74) is 1.83. The van der Waals surface area contributed by atoms with Crippen LogP contribution in [0.25, 0.3) is 11.4 Å². The fourth-order valence-corrected chi connectivity index (χ4v) is 3.70. The highest BCUT2D eigenvalue weighted by atomic mass is 16.5. The summed E-state index contributed by atoms with van der Waals surface area (Å²) in [6.45, 7) is 7.74. The molecule has 0 spiro atoms. The molecule has 32 heavy (non-hydrogen) atoms. The summed E-state index contributed by atoms with van der Waals surface area (Å²) >= 11 is 0. The molecule has 9 heteroatoms. The highest BCUT2D eigenvalue weighted by Crippen LogP contribution is 2.21. The minimum Gasteiger partial charge on any atom is -0.493 e. The molecule has 0 N–H and O–H groups in total. The lowest BCUT2D eigenvalue weighted by Gasteiger charge is -2.19. The second-order valence-electron chi connectivity index (χ2n) is 8.01. The van der Waals surface area contributed by atoms with Gasteiger partial charge in [-0.1, -0.05) is 6.92 Å². The molecule has 0 bridgehead atoms. The van der Waals surface area contributed by atoms with E-state index in [2.05, 4.69) is 27.3 Å². The van der Waals surface area contributed by atoms with Crippen molar-refractivity contribution in [3.63, 3.8) is 0 Å². The van der Waals surface area contributed by atoms with Crippen molar-refractivity contribution in [1.82, 2.24) is 30.1 Å². The van der Waals surface area contributed by atoms with Gasteiger partial charge < -0.3 is 9.64 Å². The number of carbonyl (C=O) groups is 1. The van der Waals surface area contributed by atoms with Crippen LogP contribution >= 0.6 is 0 Å². The number of ether oxygens (including phenoxy) is 1. The summed E-state index contributed by atoms with van der Waals surface area (Å²) < 4.78 is 5.95. The van der Waals surface area contributed by atoms with Crippen molar-refractivity contribution in [2.45, 2.75) is 33.2 Å². The Kier molecular flexibility index (Phi) is 6.94. The third kappa shape index (κ3) is 5.22. The van der Waals surface area contributed by atoms with Gasteiger partial charge in [0, 0.05) is 43.3 Å². The molecule has 1 aromatic carbocycles. The Hall–Kier alpha value is -3.49. The van der Waals surface area contributed by atoms with Gasteiger partial charge in [0.2, 0.25) is 5.82 Å². The van der Waals surface area contributed by atoms with E-state index in [1.807, 2.05) is 53.1 Å². The Morgan fingerprint density at radius 1 is 1.09 bits per heavy atom. The summed E-state index contributed by atoms with van der Waals surface area (Å²) in [4.78, 5) is 22.0. The topological polar surface area (TPSA) is 89.3 Å². The molecule has 1 saturated heterocycles. The lowest BCUT2D eigenvalue weighted by molar-refractivity contribution is 0.214. The van der Waals surface area contributed by atoms with E-state index < -0.39 is 0 Å². The molecule has 168 valence electrons. The maximum absolute atomic E-state index is 12.6. The average Bonchev–Trinajstić information content (AvgIpc) is 3.46. The zero-order chi connectivity index (χ0) is 22.3. The SMILES string of the molecule is CCn1nnc(-c2ccc(OCC(C)CCCN3CCN(c4ccncc4)C3=O)cc2)n1. The number of amides is 2. The molecule has 1 atom stereocenters. The molecular weight excluding hydrogens is 406 g/mol. The zero-order valence-electron chi connectivity index (χ0n) is 18.6. The van der Waals surface area contributed by atoms with E-state index in [-0.39, 0.29) is 6.03 Å². The van der Waals surface area contributed by atoms with Gasteiger partial charge in [0.25, 0.3) is 0 Å². The number of anilines is 1. The first-order valence-corrected chi connectivity index (χ1v) is 11.1. The van der Waals surface area contributed by atoms with Gasteiger partial charge >= 0.3 is 6.03 Å². The van der Waals surface area contributed by atoms with E-state index in [1.54, 1.807) is 17.2 Å². The monoisotopic (exact) mass is 435 g/mol. The molecular formula is C23H29N7O2. The number of benzene rings is 1. The maximum Gasteiger partial charge on any atom is 0.324 e. The number of hydrogen-bond donors (Lipinski definition) is 0. The van der Waals surface area contributed by atoms with Crippen LogP contribution in [-0.4, -0.2) is 62.4 Å². The fourth-order valence-electron chi connectivity index (χ4n) is 3.70. The van der Waals surface area contributed by atoms with Crippen molar-refractivity contribution >= 4 is 11.7 Å². The number of hydrogen-bond acceptors (Lipinski definition) is 6. The molecule has 2 aromatic heterocycles. The highest BCUT2D eigenvalue weighted by Gasteiger charge is 2.28. The van der Waals surface area contributed by atoms with Gasteiger partial charge in [-0.3, -0.25) is 9.88 Å². The smallest absolute Gasteiger partial charge is 0.324 e. The predicted octanol–water partition coefficient (Wildman–Crippen LogP) is 3.49. The Morgan fingerprint density at radius 2 is 1.88 bits per heavy atom. The standard InChI is InChI=1S/C23H29N7O2/c1-3-30-26-22(25-27-30)19-6-8-21(9-7-19)32-17-18(2)5-4-14-28-15-16-29(23(28)31)20-10-12-24-13-11-20/h6-13,18H,3-5,14-17H2,1-2H3. The molecule has 0 radical (unpaired) electrons. The molecule has 3 heterocycles. The minimum atomic E-state index is 0.0775. The van der Waals surface area contributed by atoms with Crippen LogP contribution in [0.3, 0.4) is 0 Å². The Labute approximate surface area is 188 Å². The number of carbonyl (C=O) groups excluding carboxylic acids is 1. The summed E-state index contributed by atoms with van der Waals surface area (Å²) in [6, 6.07) is 11.6. The summed E-state index contributed by atoms with van der Waals surface area (Å²) in [6.07, 6.45) is 5.39. The van der Waals surface area contributed by atoms with Crippen LogP contribution in [0.5, 0.6) is 5.75 Å². The van der Waals surface area contributed by atoms with Crippen molar-refractivity contribution in [2.24, 2.45) is 5.92 Å². The predicted molar refractivity (Wildman–Crippen MR) is 121 cm³/mol. The van der Waals surface area contributed by atoms with Crippen LogP contribution in [-0.2, 0) is 6.54 Å². The molecule has 1 aliphatic heterocycles. The van der Waals surface area contributed by atoms with Crippen LogP contribution in [0.2, 0.25) is 0 Å². The van der Waals surface area contributed by atoms with E-state index in [4.69, 9.17) is 4.74 Å². The largest absolute Gasteiger partial charge is 0.493 e. The lowest BCUT2D eigenvalue weighted by atomic mass is 10.1. The van der Waals surface area contributed by atoms with Gasteiger partial charge in [0.15, 0.2) is 0 Å².